The molecule has 1 amide bonds. The summed E-state index contributed by atoms with van der Waals surface area (Å²) in [4.78, 5) is 12.4. The number of carbonyl (C=O) groups excluding carboxylic acids is 1. The van der Waals surface area contributed by atoms with Crippen molar-refractivity contribution in [1.29, 1.82) is 0 Å². The Kier molecular flexibility index (Phi) is 6.13. The summed E-state index contributed by atoms with van der Waals surface area (Å²) in [6.07, 6.45) is 5.47. The summed E-state index contributed by atoms with van der Waals surface area (Å²) in [5, 5.41) is 6.52. The molecule has 3 nitrogen and oxygen atoms in total. The Morgan fingerprint density at radius 3 is 2.56 bits per heavy atom. The first-order valence-corrected chi connectivity index (χ1v) is 7.52. The van der Waals surface area contributed by atoms with E-state index in [0.717, 1.165) is 38.3 Å². The van der Waals surface area contributed by atoms with Crippen LogP contribution < -0.4 is 10.6 Å². The van der Waals surface area contributed by atoms with Gasteiger partial charge in [0, 0.05) is 12.6 Å². The van der Waals surface area contributed by atoms with Gasteiger partial charge in [-0.1, -0.05) is 33.6 Å². The Hall–Kier alpha value is -0.570. The van der Waals surface area contributed by atoms with E-state index in [9.17, 15) is 4.79 Å². The molecule has 3 heteroatoms. The van der Waals surface area contributed by atoms with Crippen molar-refractivity contribution in [3.05, 3.63) is 0 Å². The van der Waals surface area contributed by atoms with Gasteiger partial charge in [0.1, 0.15) is 0 Å². The lowest BCUT2D eigenvalue weighted by molar-refractivity contribution is -0.131. The third-order valence-electron chi connectivity index (χ3n) is 4.20. The summed E-state index contributed by atoms with van der Waals surface area (Å²) in [5.74, 6) is 1.01. The molecule has 2 N–H and O–H groups in total. The molecule has 18 heavy (non-hydrogen) atoms. The molecule has 1 aliphatic heterocycles. The number of rotatable bonds is 7. The number of amides is 1. The number of hydrogen-bond acceptors (Lipinski definition) is 2. The molecule has 2 unspecified atom stereocenters. The maximum absolute atomic E-state index is 12.4. The summed E-state index contributed by atoms with van der Waals surface area (Å²) >= 11 is 0. The molecule has 1 aliphatic rings. The quantitative estimate of drug-likeness (QED) is 0.733. The second-order valence-electron chi connectivity index (χ2n) is 6.26. The Morgan fingerprint density at radius 1 is 1.33 bits per heavy atom. The summed E-state index contributed by atoms with van der Waals surface area (Å²) in [5.41, 5.74) is -0.147. The van der Waals surface area contributed by atoms with Gasteiger partial charge in [0.2, 0.25) is 5.91 Å². The molecule has 0 aromatic carbocycles. The first-order chi connectivity index (χ1) is 8.50. The Morgan fingerprint density at radius 2 is 2.06 bits per heavy atom. The molecule has 0 saturated carbocycles. The van der Waals surface area contributed by atoms with E-state index in [4.69, 9.17) is 0 Å². The summed E-state index contributed by atoms with van der Waals surface area (Å²) in [6.45, 7) is 10.6. The molecule has 0 aromatic heterocycles. The molecule has 0 aromatic rings. The fourth-order valence-corrected chi connectivity index (χ4v) is 2.68. The molecular weight excluding hydrogens is 224 g/mol. The van der Waals surface area contributed by atoms with Crippen LogP contribution in [-0.2, 0) is 4.79 Å². The number of hydrogen-bond donors (Lipinski definition) is 2. The van der Waals surface area contributed by atoms with Gasteiger partial charge in [-0.2, -0.15) is 0 Å². The van der Waals surface area contributed by atoms with Crippen molar-refractivity contribution >= 4 is 5.91 Å². The Bertz CT molecular complexity index is 257. The fourth-order valence-electron chi connectivity index (χ4n) is 2.68. The molecule has 0 radical (unpaired) electrons. The Balaban J connectivity index is 2.34. The van der Waals surface area contributed by atoms with Crippen molar-refractivity contribution in [3.8, 4) is 0 Å². The maximum atomic E-state index is 12.4. The van der Waals surface area contributed by atoms with Gasteiger partial charge in [-0.05, 0) is 38.6 Å². The van der Waals surface area contributed by atoms with E-state index in [2.05, 4.69) is 38.3 Å². The van der Waals surface area contributed by atoms with Crippen LogP contribution >= 0.6 is 0 Å². The first-order valence-electron chi connectivity index (χ1n) is 7.52. The molecule has 0 spiro atoms. The first kappa shape index (κ1) is 15.5. The third kappa shape index (κ3) is 4.27. The highest BCUT2D eigenvalue weighted by atomic mass is 16.2. The van der Waals surface area contributed by atoms with Crippen molar-refractivity contribution in [1.82, 2.24) is 10.6 Å². The van der Waals surface area contributed by atoms with Crippen molar-refractivity contribution in [3.63, 3.8) is 0 Å². The van der Waals surface area contributed by atoms with Crippen molar-refractivity contribution < 1.29 is 4.79 Å². The highest BCUT2D eigenvalue weighted by Gasteiger charge is 2.39. The molecule has 1 fully saturated rings. The zero-order valence-electron chi connectivity index (χ0n) is 12.5. The summed E-state index contributed by atoms with van der Waals surface area (Å²) in [7, 11) is 0. The van der Waals surface area contributed by atoms with Crippen LogP contribution in [0.15, 0.2) is 0 Å². The second-order valence-corrected chi connectivity index (χ2v) is 6.26. The lowest BCUT2D eigenvalue weighted by Crippen LogP contribution is -2.45. The van der Waals surface area contributed by atoms with Crippen molar-refractivity contribution in [2.24, 2.45) is 11.3 Å². The van der Waals surface area contributed by atoms with Crippen molar-refractivity contribution in [2.45, 2.75) is 65.8 Å². The fraction of sp³-hybridized carbons (Fsp3) is 0.933. The molecule has 0 bridgehead atoms. The smallest absolute Gasteiger partial charge is 0.227 e. The van der Waals surface area contributed by atoms with Gasteiger partial charge in [-0.15, -0.1) is 0 Å². The van der Waals surface area contributed by atoms with Crippen LogP contribution in [-0.4, -0.2) is 25.0 Å². The van der Waals surface area contributed by atoms with Crippen LogP contribution in [0.25, 0.3) is 0 Å². The Labute approximate surface area is 112 Å². The van der Waals surface area contributed by atoms with Gasteiger partial charge in [0.15, 0.2) is 0 Å². The predicted octanol–water partition coefficient (Wildman–Crippen LogP) is 2.71. The largest absolute Gasteiger partial charge is 0.353 e. The van der Waals surface area contributed by atoms with Gasteiger partial charge < -0.3 is 10.6 Å². The summed E-state index contributed by atoms with van der Waals surface area (Å²) < 4.78 is 0. The van der Waals surface area contributed by atoms with Gasteiger partial charge >= 0.3 is 0 Å². The highest BCUT2D eigenvalue weighted by Crippen LogP contribution is 2.29. The van der Waals surface area contributed by atoms with E-state index >= 15 is 0 Å². The molecule has 0 aliphatic carbocycles. The van der Waals surface area contributed by atoms with Crippen LogP contribution in [0.2, 0.25) is 0 Å². The van der Waals surface area contributed by atoms with Crippen LogP contribution in [0, 0.1) is 11.3 Å². The average molecular weight is 254 g/mol. The molecule has 106 valence electrons. The molecule has 1 saturated heterocycles. The van der Waals surface area contributed by atoms with Crippen LogP contribution in [0.4, 0.5) is 0 Å². The van der Waals surface area contributed by atoms with E-state index in [1.807, 2.05) is 0 Å². The topological polar surface area (TPSA) is 41.1 Å². The predicted molar refractivity (Wildman–Crippen MR) is 76.5 cm³/mol. The normalized spacial score (nSPS) is 25.4. The third-order valence-corrected chi connectivity index (χ3v) is 4.20. The molecule has 1 heterocycles. The van der Waals surface area contributed by atoms with E-state index in [-0.39, 0.29) is 11.3 Å². The van der Waals surface area contributed by atoms with E-state index in [0.29, 0.717) is 6.04 Å². The number of nitrogens with one attached hydrogen (secondary N) is 2. The van der Waals surface area contributed by atoms with E-state index in [1.54, 1.807) is 0 Å². The highest BCUT2D eigenvalue weighted by molar-refractivity contribution is 5.83. The molecular formula is C15H30N2O. The van der Waals surface area contributed by atoms with E-state index in [1.165, 1.54) is 12.8 Å². The average Bonchev–Trinajstić information content (AvgIpc) is 2.78. The second kappa shape index (κ2) is 7.13. The van der Waals surface area contributed by atoms with Gasteiger partial charge in [0.25, 0.3) is 0 Å². The standard InChI is InChI=1S/C15H30N2O/c1-5-15(9-10-16-11-15)14(18)17-13(4)8-6-7-12(2)3/h12-13,16H,5-11H2,1-4H3,(H,17,18). The van der Waals surface area contributed by atoms with Crippen LogP contribution in [0.1, 0.15) is 59.8 Å². The monoisotopic (exact) mass is 254 g/mol. The van der Waals surface area contributed by atoms with Gasteiger partial charge in [0.05, 0.1) is 5.41 Å². The minimum absolute atomic E-state index is 0.147. The lowest BCUT2D eigenvalue weighted by Gasteiger charge is -2.27. The van der Waals surface area contributed by atoms with Crippen molar-refractivity contribution in [2.75, 3.05) is 13.1 Å². The van der Waals surface area contributed by atoms with Crippen LogP contribution in [0.3, 0.4) is 0 Å². The van der Waals surface area contributed by atoms with Gasteiger partial charge in [-0.3, -0.25) is 4.79 Å². The molecule has 1 rings (SSSR count). The maximum Gasteiger partial charge on any atom is 0.227 e. The number of carbonyl (C=O) groups is 1. The van der Waals surface area contributed by atoms with E-state index < -0.39 is 0 Å². The minimum Gasteiger partial charge on any atom is -0.353 e. The zero-order valence-corrected chi connectivity index (χ0v) is 12.5. The summed E-state index contributed by atoms with van der Waals surface area (Å²) in [6, 6.07) is 0.306. The SMILES string of the molecule is CCC1(C(=O)NC(C)CCCC(C)C)CCNC1. The van der Waals surface area contributed by atoms with Crippen LogP contribution in [0.5, 0.6) is 0 Å². The minimum atomic E-state index is -0.147. The zero-order chi connectivity index (χ0) is 13.6. The van der Waals surface area contributed by atoms with Gasteiger partial charge in [-0.25, -0.2) is 0 Å². The molecule has 2 atom stereocenters. The lowest BCUT2D eigenvalue weighted by atomic mass is 9.83.